The van der Waals surface area contributed by atoms with Gasteiger partial charge in [0.1, 0.15) is 5.82 Å². The van der Waals surface area contributed by atoms with Crippen molar-refractivity contribution < 1.29 is 14.0 Å². The Balaban J connectivity index is 1.39. The molecule has 1 aliphatic rings. The molecule has 1 fully saturated rings. The lowest BCUT2D eigenvalue weighted by atomic mass is 9.95. The lowest BCUT2D eigenvalue weighted by Crippen LogP contribution is -2.41. The first-order valence-corrected chi connectivity index (χ1v) is 9.77. The first-order valence-electron chi connectivity index (χ1n) is 8.95. The fraction of sp³-hybridized carbons (Fsp3) is 0.238. The van der Waals surface area contributed by atoms with E-state index in [0.29, 0.717) is 36.2 Å². The number of hydrogen-bond donors (Lipinski definition) is 1. The Labute approximate surface area is 160 Å². The molecule has 3 aromatic rings. The van der Waals surface area contributed by atoms with Gasteiger partial charge in [0.2, 0.25) is 5.91 Å². The average Bonchev–Trinajstić information content (AvgIpc) is 3.14. The molecule has 6 heteroatoms. The molecule has 0 bridgehead atoms. The van der Waals surface area contributed by atoms with E-state index in [-0.39, 0.29) is 23.5 Å². The van der Waals surface area contributed by atoms with Crippen LogP contribution in [-0.2, 0) is 4.79 Å². The Bertz CT molecular complexity index is 978. The lowest BCUT2D eigenvalue weighted by molar-refractivity contribution is -0.121. The first-order chi connectivity index (χ1) is 13.1. The number of halogens is 1. The number of fused-ring (bicyclic) bond motifs is 1. The van der Waals surface area contributed by atoms with E-state index in [1.165, 1.54) is 17.4 Å². The number of carbonyl (C=O) groups is 2. The van der Waals surface area contributed by atoms with Crippen molar-refractivity contribution in [3.8, 4) is 0 Å². The van der Waals surface area contributed by atoms with Gasteiger partial charge in [0, 0.05) is 34.8 Å². The van der Waals surface area contributed by atoms with Gasteiger partial charge in [0.25, 0.3) is 5.91 Å². The number of nitrogens with one attached hydrogen (secondary N) is 1. The van der Waals surface area contributed by atoms with Crippen molar-refractivity contribution in [3.05, 3.63) is 65.3 Å². The van der Waals surface area contributed by atoms with E-state index in [2.05, 4.69) is 5.32 Å². The zero-order chi connectivity index (χ0) is 18.8. The summed E-state index contributed by atoms with van der Waals surface area (Å²) in [5.41, 5.74) is 0.785. The van der Waals surface area contributed by atoms with Crippen LogP contribution < -0.4 is 5.32 Å². The van der Waals surface area contributed by atoms with Crippen molar-refractivity contribution in [2.45, 2.75) is 12.8 Å². The van der Waals surface area contributed by atoms with E-state index in [0.717, 1.165) is 10.4 Å². The molecular formula is C21H19FN2O2S. The summed E-state index contributed by atoms with van der Waals surface area (Å²) in [5.74, 6) is -0.497. The second kappa shape index (κ2) is 7.48. The van der Waals surface area contributed by atoms with Gasteiger partial charge in [0.15, 0.2) is 0 Å². The number of benzene rings is 2. The predicted molar refractivity (Wildman–Crippen MR) is 105 cm³/mol. The maximum atomic E-state index is 13.9. The molecule has 0 unspecified atom stereocenters. The molecule has 0 saturated carbocycles. The highest BCUT2D eigenvalue weighted by molar-refractivity contribution is 7.20. The summed E-state index contributed by atoms with van der Waals surface area (Å²) in [6, 6.07) is 15.9. The molecule has 1 aliphatic heterocycles. The maximum absolute atomic E-state index is 13.9. The SMILES string of the molecule is O=C(Nc1ccccc1)C1CCN(C(=O)c2cc3c(F)cccc3s2)CC1. The zero-order valence-electron chi connectivity index (χ0n) is 14.7. The topological polar surface area (TPSA) is 49.4 Å². The number of piperidine rings is 1. The maximum Gasteiger partial charge on any atom is 0.263 e. The Morgan fingerprint density at radius 2 is 1.78 bits per heavy atom. The Hall–Kier alpha value is -2.73. The molecule has 27 heavy (non-hydrogen) atoms. The zero-order valence-corrected chi connectivity index (χ0v) is 15.5. The molecule has 0 radical (unpaired) electrons. The highest BCUT2D eigenvalue weighted by Gasteiger charge is 2.28. The first kappa shape index (κ1) is 17.7. The summed E-state index contributed by atoms with van der Waals surface area (Å²) >= 11 is 1.31. The van der Waals surface area contributed by atoms with Crippen LogP contribution in [0, 0.1) is 11.7 Å². The third-order valence-electron chi connectivity index (χ3n) is 4.91. The van der Waals surface area contributed by atoms with E-state index in [4.69, 9.17) is 0 Å². The van der Waals surface area contributed by atoms with Crippen LogP contribution in [0.4, 0.5) is 10.1 Å². The van der Waals surface area contributed by atoms with Crippen LogP contribution in [0.5, 0.6) is 0 Å². The van der Waals surface area contributed by atoms with Crippen molar-refractivity contribution in [2.75, 3.05) is 18.4 Å². The summed E-state index contributed by atoms with van der Waals surface area (Å²) in [5, 5.41) is 3.42. The summed E-state index contributed by atoms with van der Waals surface area (Å²) in [6.07, 6.45) is 1.26. The average molecular weight is 382 g/mol. The highest BCUT2D eigenvalue weighted by Crippen LogP contribution is 2.29. The number of amides is 2. The van der Waals surface area contributed by atoms with Crippen LogP contribution in [0.1, 0.15) is 22.5 Å². The number of carbonyl (C=O) groups excluding carboxylic acids is 2. The smallest absolute Gasteiger partial charge is 0.263 e. The van der Waals surface area contributed by atoms with Crippen molar-refractivity contribution in [2.24, 2.45) is 5.92 Å². The largest absolute Gasteiger partial charge is 0.338 e. The summed E-state index contributed by atoms with van der Waals surface area (Å²) < 4.78 is 14.6. The number of para-hydroxylation sites is 1. The summed E-state index contributed by atoms with van der Waals surface area (Å²) in [4.78, 5) is 27.5. The van der Waals surface area contributed by atoms with Gasteiger partial charge in [-0.25, -0.2) is 4.39 Å². The number of anilines is 1. The molecule has 0 spiro atoms. The molecular weight excluding hydrogens is 363 g/mol. The molecule has 1 N–H and O–H groups in total. The number of rotatable bonds is 3. The minimum atomic E-state index is -0.306. The molecule has 1 aromatic heterocycles. The van der Waals surface area contributed by atoms with Gasteiger partial charge >= 0.3 is 0 Å². The monoisotopic (exact) mass is 382 g/mol. The standard InChI is InChI=1S/C21H19FN2O2S/c22-17-7-4-8-18-16(17)13-19(27-18)21(26)24-11-9-14(10-12-24)20(25)23-15-5-2-1-3-6-15/h1-8,13-14H,9-12H2,(H,23,25). The Morgan fingerprint density at radius 3 is 2.48 bits per heavy atom. The Morgan fingerprint density at radius 1 is 1.04 bits per heavy atom. The Kier molecular flexibility index (Phi) is 4.90. The van der Waals surface area contributed by atoms with Gasteiger partial charge in [-0.2, -0.15) is 0 Å². The lowest BCUT2D eigenvalue weighted by Gasteiger charge is -2.31. The van der Waals surface area contributed by atoms with E-state index in [1.807, 2.05) is 36.4 Å². The summed E-state index contributed by atoms with van der Waals surface area (Å²) in [6.45, 7) is 1.06. The van der Waals surface area contributed by atoms with Crippen LogP contribution >= 0.6 is 11.3 Å². The van der Waals surface area contributed by atoms with E-state index in [9.17, 15) is 14.0 Å². The van der Waals surface area contributed by atoms with Crippen LogP contribution in [0.2, 0.25) is 0 Å². The quantitative estimate of drug-likeness (QED) is 0.723. The molecule has 4 rings (SSSR count). The minimum absolute atomic E-state index is 0.00256. The molecule has 4 nitrogen and oxygen atoms in total. The van der Waals surface area contributed by atoms with Crippen LogP contribution in [-0.4, -0.2) is 29.8 Å². The van der Waals surface area contributed by atoms with Gasteiger partial charge in [0.05, 0.1) is 4.88 Å². The third kappa shape index (κ3) is 3.71. The van der Waals surface area contributed by atoms with Crippen molar-refractivity contribution in [1.82, 2.24) is 4.90 Å². The van der Waals surface area contributed by atoms with Crippen LogP contribution in [0.25, 0.3) is 10.1 Å². The third-order valence-corrected chi connectivity index (χ3v) is 6.00. The minimum Gasteiger partial charge on any atom is -0.338 e. The van der Waals surface area contributed by atoms with Gasteiger partial charge in [-0.05, 0) is 43.2 Å². The molecule has 0 atom stereocenters. The van der Waals surface area contributed by atoms with Gasteiger partial charge in [-0.15, -0.1) is 11.3 Å². The van der Waals surface area contributed by atoms with Crippen molar-refractivity contribution in [3.63, 3.8) is 0 Å². The highest BCUT2D eigenvalue weighted by atomic mass is 32.1. The number of nitrogens with zero attached hydrogens (tertiary/aromatic N) is 1. The molecule has 138 valence electrons. The second-order valence-corrected chi connectivity index (χ2v) is 7.77. The van der Waals surface area contributed by atoms with Gasteiger partial charge < -0.3 is 10.2 Å². The molecule has 2 heterocycles. The number of hydrogen-bond acceptors (Lipinski definition) is 3. The van der Waals surface area contributed by atoms with Gasteiger partial charge in [-0.1, -0.05) is 24.3 Å². The molecule has 2 aromatic carbocycles. The van der Waals surface area contributed by atoms with Crippen molar-refractivity contribution >= 4 is 38.9 Å². The van der Waals surface area contributed by atoms with E-state index >= 15 is 0 Å². The molecule has 1 saturated heterocycles. The summed E-state index contributed by atoms with van der Waals surface area (Å²) in [7, 11) is 0. The fourth-order valence-corrected chi connectivity index (χ4v) is 4.44. The van der Waals surface area contributed by atoms with Crippen LogP contribution in [0.3, 0.4) is 0 Å². The fourth-order valence-electron chi connectivity index (χ4n) is 3.40. The number of likely N-dealkylation sites (tertiary alicyclic amines) is 1. The van der Waals surface area contributed by atoms with E-state index in [1.54, 1.807) is 17.0 Å². The normalized spacial score (nSPS) is 15.1. The predicted octanol–water partition coefficient (Wildman–Crippen LogP) is 4.53. The van der Waals surface area contributed by atoms with Gasteiger partial charge in [-0.3, -0.25) is 9.59 Å². The molecule has 2 amide bonds. The number of thiophene rings is 1. The molecule has 0 aliphatic carbocycles. The van der Waals surface area contributed by atoms with E-state index < -0.39 is 0 Å². The second-order valence-electron chi connectivity index (χ2n) is 6.68. The van der Waals surface area contributed by atoms with Crippen molar-refractivity contribution in [1.29, 1.82) is 0 Å². The van der Waals surface area contributed by atoms with Crippen LogP contribution in [0.15, 0.2) is 54.6 Å².